The quantitative estimate of drug-likeness (QED) is 0.371. The van der Waals surface area contributed by atoms with Crippen LogP contribution >= 0.6 is 11.3 Å². The van der Waals surface area contributed by atoms with E-state index < -0.39 is 0 Å². The van der Waals surface area contributed by atoms with Crippen LogP contribution in [0.3, 0.4) is 0 Å². The van der Waals surface area contributed by atoms with E-state index >= 15 is 0 Å². The van der Waals surface area contributed by atoms with Crippen LogP contribution in [0.1, 0.15) is 10.4 Å². The Hall–Kier alpha value is -4.30. The average molecular weight is 439 g/mol. The normalized spacial score (nSPS) is 10.6. The van der Waals surface area contributed by atoms with Crippen molar-refractivity contribution in [2.75, 3.05) is 10.6 Å². The summed E-state index contributed by atoms with van der Waals surface area (Å²) < 4.78 is 1.80. The van der Waals surface area contributed by atoms with Crippen molar-refractivity contribution in [3.05, 3.63) is 103 Å². The van der Waals surface area contributed by atoms with Crippen molar-refractivity contribution >= 4 is 34.4 Å². The SMILES string of the molecule is O=C(Nc1ccc(Nc2cc(-n3ccnc3)ncn2)cc1)c1ccc(-c2cccs2)cc1. The van der Waals surface area contributed by atoms with E-state index in [0.29, 0.717) is 22.9 Å². The van der Waals surface area contributed by atoms with Gasteiger partial charge in [-0.2, -0.15) is 0 Å². The predicted molar refractivity (Wildman–Crippen MR) is 127 cm³/mol. The summed E-state index contributed by atoms with van der Waals surface area (Å²) in [5.74, 6) is 1.23. The molecule has 0 bridgehead atoms. The molecule has 0 saturated carbocycles. The van der Waals surface area contributed by atoms with Crippen LogP contribution in [0.15, 0.2) is 97.2 Å². The highest BCUT2D eigenvalue weighted by Gasteiger charge is 2.08. The molecule has 156 valence electrons. The molecular formula is C24H18N6OS. The van der Waals surface area contributed by atoms with Gasteiger partial charge in [-0.05, 0) is 53.4 Å². The van der Waals surface area contributed by atoms with Crippen LogP contribution in [-0.4, -0.2) is 25.4 Å². The number of carbonyl (C=O) groups excluding carboxylic acids is 1. The lowest BCUT2D eigenvalue weighted by atomic mass is 10.1. The molecule has 32 heavy (non-hydrogen) atoms. The van der Waals surface area contributed by atoms with Gasteiger partial charge in [0.2, 0.25) is 0 Å². The Morgan fingerprint density at radius 3 is 2.47 bits per heavy atom. The fourth-order valence-electron chi connectivity index (χ4n) is 3.17. The maximum absolute atomic E-state index is 12.6. The van der Waals surface area contributed by atoms with E-state index in [1.54, 1.807) is 28.4 Å². The minimum absolute atomic E-state index is 0.149. The molecule has 0 aliphatic rings. The molecule has 5 rings (SSSR count). The summed E-state index contributed by atoms with van der Waals surface area (Å²) in [6, 6.07) is 21.0. The summed E-state index contributed by atoms with van der Waals surface area (Å²) in [4.78, 5) is 26.3. The molecule has 7 nitrogen and oxygen atoms in total. The molecule has 3 heterocycles. The lowest BCUT2D eigenvalue weighted by molar-refractivity contribution is 0.102. The third-order valence-corrected chi connectivity index (χ3v) is 5.71. The Morgan fingerprint density at radius 2 is 1.75 bits per heavy atom. The second-order valence-electron chi connectivity index (χ2n) is 6.94. The summed E-state index contributed by atoms with van der Waals surface area (Å²) in [5.41, 5.74) is 3.27. The molecule has 0 aliphatic carbocycles. The van der Waals surface area contributed by atoms with Crippen LogP contribution in [0, 0.1) is 0 Å². The number of imidazole rings is 1. The Morgan fingerprint density at radius 1 is 0.938 bits per heavy atom. The number of benzene rings is 2. The Balaban J connectivity index is 1.23. The van der Waals surface area contributed by atoms with Crippen LogP contribution in [0.2, 0.25) is 0 Å². The molecule has 0 unspecified atom stereocenters. The van der Waals surface area contributed by atoms with Crippen molar-refractivity contribution < 1.29 is 4.79 Å². The maximum atomic E-state index is 12.6. The van der Waals surface area contributed by atoms with Crippen LogP contribution in [0.25, 0.3) is 16.3 Å². The van der Waals surface area contributed by atoms with E-state index in [-0.39, 0.29) is 5.91 Å². The van der Waals surface area contributed by atoms with Gasteiger partial charge in [0.25, 0.3) is 5.91 Å². The first-order valence-electron chi connectivity index (χ1n) is 9.87. The Labute approximate surface area is 188 Å². The number of thiophene rings is 1. The van der Waals surface area contributed by atoms with E-state index in [9.17, 15) is 4.79 Å². The molecule has 3 aromatic heterocycles. The van der Waals surface area contributed by atoms with Crippen LogP contribution in [-0.2, 0) is 0 Å². The van der Waals surface area contributed by atoms with E-state index in [4.69, 9.17) is 0 Å². The van der Waals surface area contributed by atoms with Crippen molar-refractivity contribution in [1.82, 2.24) is 19.5 Å². The molecule has 0 fully saturated rings. The van der Waals surface area contributed by atoms with Crippen molar-refractivity contribution in [3.8, 4) is 16.3 Å². The van der Waals surface area contributed by atoms with Crippen molar-refractivity contribution in [2.45, 2.75) is 0 Å². The van der Waals surface area contributed by atoms with Gasteiger partial charge >= 0.3 is 0 Å². The molecule has 5 aromatic rings. The third kappa shape index (κ3) is 4.40. The van der Waals surface area contributed by atoms with E-state index in [0.717, 1.165) is 11.3 Å². The molecule has 1 amide bonds. The molecule has 8 heteroatoms. The van der Waals surface area contributed by atoms with Crippen LogP contribution in [0.5, 0.6) is 0 Å². The van der Waals surface area contributed by atoms with Gasteiger partial charge in [-0.1, -0.05) is 18.2 Å². The fraction of sp³-hybridized carbons (Fsp3) is 0. The zero-order valence-electron chi connectivity index (χ0n) is 16.8. The number of carbonyl (C=O) groups is 1. The number of anilines is 3. The van der Waals surface area contributed by atoms with Gasteiger partial charge in [0.1, 0.15) is 24.3 Å². The van der Waals surface area contributed by atoms with Crippen LogP contribution < -0.4 is 10.6 Å². The third-order valence-electron chi connectivity index (χ3n) is 4.79. The second kappa shape index (κ2) is 8.83. The smallest absolute Gasteiger partial charge is 0.255 e. The topological polar surface area (TPSA) is 84.7 Å². The highest BCUT2D eigenvalue weighted by atomic mass is 32.1. The molecule has 2 N–H and O–H groups in total. The van der Waals surface area contributed by atoms with Gasteiger partial charge in [0.05, 0.1) is 0 Å². The number of amides is 1. The predicted octanol–water partition coefficient (Wildman–Crippen LogP) is 5.39. The monoisotopic (exact) mass is 438 g/mol. The van der Waals surface area contributed by atoms with Crippen molar-refractivity contribution in [3.63, 3.8) is 0 Å². The highest BCUT2D eigenvalue weighted by Crippen LogP contribution is 2.25. The average Bonchev–Trinajstić information content (AvgIpc) is 3.55. The summed E-state index contributed by atoms with van der Waals surface area (Å²) in [5, 5.41) is 8.21. The highest BCUT2D eigenvalue weighted by molar-refractivity contribution is 7.13. The van der Waals surface area contributed by atoms with Gasteiger partial charge < -0.3 is 10.6 Å². The number of hydrogen-bond acceptors (Lipinski definition) is 6. The molecule has 0 radical (unpaired) electrons. The first-order chi connectivity index (χ1) is 15.7. The van der Waals surface area contributed by atoms with Gasteiger partial charge in [-0.25, -0.2) is 15.0 Å². The Bertz CT molecular complexity index is 1310. The summed E-state index contributed by atoms with van der Waals surface area (Å²) in [6.07, 6.45) is 6.69. The van der Waals surface area contributed by atoms with Crippen LogP contribution in [0.4, 0.5) is 17.2 Å². The minimum Gasteiger partial charge on any atom is -0.340 e. The number of nitrogens with zero attached hydrogens (tertiary/aromatic N) is 4. The molecule has 0 saturated heterocycles. The minimum atomic E-state index is -0.149. The zero-order valence-corrected chi connectivity index (χ0v) is 17.7. The summed E-state index contributed by atoms with van der Waals surface area (Å²) >= 11 is 1.68. The summed E-state index contributed by atoms with van der Waals surface area (Å²) in [6.45, 7) is 0. The van der Waals surface area contributed by atoms with Gasteiger partial charge in [-0.3, -0.25) is 9.36 Å². The molecule has 0 spiro atoms. The first-order valence-corrected chi connectivity index (χ1v) is 10.8. The van der Waals surface area contributed by atoms with Gasteiger partial charge in [0.15, 0.2) is 0 Å². The van der Waals surface area contributed by atoms with Crippen molar-refractivity contribution in [1.29, 1.82) is 0 Å². The second-order valence-corrected chi connectivity index (χ2v) is 7.89. The zero-order chi connectivity index (χ0) is 21.8. The largest absolute Gasteiger partial charge is 0.340 e. The Kier molecular flexibility index (Phi) is 5.42. The number of hydrogen-bond donors (Lipinski definition) is 2. The molecular weight excluding hydrogens is 420 g/mol. The molecule has 2 aromatic carbocycles. The van der Waals surface area contributed by atoms with E-state index in [2.05, 4.69) is 31.7 Å². The van der Waals surface area contributed by atoms with Gasteiger partial charge in [-0.15, -0.1) is 11.3 Å². The first kappa shape index (κ1) is 19.7. The van der Waals surface area contributed by atoms with Crippen molar-refractivity contribution in [2.24, 2.45) is 0 Å². The van der Waals surface area contributed by atoms with E-state index in [1.165, 1.54) is 11.2 Å². The number of nitrogens with one attached hydrogen (secondary N) is 2. The lowest BCUT2D eigenvalue weighted by Gasteiger charge is -2.09. The molecule has 0 atom stereocenters. The maximum Gasteiger partial charge on any atom is 0.255 e. The number of aromatic nitrogens is 4. The summed E-state index contributed by atoms with van der Waals surface area (Å²) in [7, 11) is 0. The van der Waals surface area contributed by atoms with Gasteiger partial charge in [0, 0.05) is 40.3 Å². The number of rotatable bonds is 6. The standard InChI is InChI=1S/C24H18N6OS/c31-24(18-5-3-17(4-6-18)21-2-1-13-32-21)29-20-9-7-19(8-10-20)28-22-14-23(27-15-26-22)30-12-11-25-16-30/h1-16H,(H,29,31)(H,26,27,28). The molecule has 0 aliphatic heterocycles. The van der Waals surface area contributed by atoms with E-state index in [1.807, 2.05) is 72.2 Å². The fourth-order valence-corrected chi connectivity index (χ4v) is 3.90. The lowest BCUT2D eigenvalue weighted by Crippen LogP contribution is -2.11.